The van der Waals surface area contributed by atoms with Crippen molar-refractivity contribution in [2.24, 2.45) is 0 Å². The van der Waals surface area contributed by atoms with Crippen molar-refractivity contribution in [2.45, 2.75) is 0 Å². The lowest BCUT2D eigenvalue weighted by Gasteiger charge is -2.16. The summed E-state index contributed by atoms with van der Waals surface area (Å²) in [6, 6.07) is 0. The average molecular weight is 208 g/mol. The average Bonchev–Trinajstić information content (AvgIpc) is 2.64. The second-order valence-corrected chi connectivity index (χ2v) is 3.15. The molecule has 0 bridgehead atoms. The van der Waals surface area contributed by atoms with Crippen LogP contribution in [-0.4, -0.2) is 45.2 Å². The molecule has 15 heavy (non-hydrogen) atoms. The Balaban J connectivity index is 2.52. The summed E-state index contributed by atoms with van der Waals surface area (Å²) in [4.78, 5) is 16.8. The van der Waals surface area contributed by atoms with Gasteiger partial charge >= 0.3 is 0 Å². The van der Waals surface area contributed by atoms with E-state index in [1.807, 2.05) is 7.05 Å². The van der Waals surface area contributed by atoms with Crippen LogP contribution in [0.1, 0.15) is 0 Å². The van der Waals surface area contributed by atoms with Crippen molar-refractivity contribution in [1.29, 1.82) is 0 Å². The van der Waals surface area contributed by atoms with Gasteiger partial charge in [-0.25, -0.2) is 4.98 Å². The third-order valence-corrected chi connectivity index (χ3v) is 2.08. The van der Waals surface area contributed by atoms with E-state index < -0.39 is 0 Å². The molecule has 0 aliphatic rings. The van der Waals surface area contributed by atoms with Crippen LogP contribution in [0.3, 0.4) is 0 Å². The first kappa shape index (κ1) is 9.66. The maximum Gasteiger partial charge on any atom is 0.224 e. The number of nitrogens with two attached hydrogens (primary N) is 1. The largest absolute Gasteiger partial charge is 0.395 e. The van der Waals surface area contributed by atoms with E-state index in [1.165, 1.54) is 6.33 Å². The Morgan fingerprint density at radius 1 is 1.53 bits per heavy atom. The third kappa shape index (κ3) is 1.68. The molecule has 2 heterocycles. The molecule has 0 aromatic carbocycles. The molecule has 0 fully saturated rings. The Morgan fingerprint density at radius 2 is 2.33 bits per heavy atom. The predicted molar refractivity (Wildman–Crippen MR) is 56.5 cm³/mol. The molecule has 0 radical (unpaired) electrons. The molecule has 0 atom stereocenters. The van der Waals surface area contributed by atoms with Crippen LogP contribution < -0.4 is 10.6 Å². The molecule has 0 aliphatic carbocycles. The highest BCUT2D eigenvalue weighted by Crippen LogP contribution is 2.19. The molecule has 7 heteroatoms. The maximum absolute atomic E-state index is 8.85. The number of rotatable bonds is 3. The van der Waals surface area contributed by atoms with E-state index in [9.17, 15) is 0 Å². The second kappa shape index (κ2) is 3.70. The molecule has 2 aromatic rings. The summed E-state index contributed by atoms with van der Waals surface area (Å²) in [6.45, 7) is 0.528. The van der Waals surface area contributed by atoms with Crippen LogP contribution in [-0.2, 0) is 0 Å². The van der Waals surface area contributed by atoms with Gasteiger partial charge in [0.05, 0.1) is 12.9 Å². The molecule has 0 unspecified atom stereocenters. The standard InChI is InChI=1S/C8H12N6O/c1-14(2-3-15)7-5-6(11-4-10-5)12-8(9)13-7/h4,15H,2-3H2,1H3,(H3,9,10,11,12,13). The lowest BCUT2D eigenvalue weighted by Crippen LogP contribution is -2.23. The number of nitrogen functional groups attached to an aromatic ring is 1. The smallest absolute Gasteiger partial charge is 0.224 e. The molecular formula is C8H12N6O. The Bertz CT molecular complexity index is 467. The van der Waals surface area contributed by atoms with Crippen molar-refractivity contribution in [3.8, 4) is 0 Å². The Kier molecular flexibility index (Phi) is 2.38. The molecule has 2 aromatic heterocycles. The molecule has 0 saturated heterocycles. The summed E-state index contributed by atoms with van der Waals surface area (Å²) in [5.74, 6) is 0.818. The molecule has 80 valence electrons. The molecule has 4 N–H and O–H groups in total. The Hall–Kier alpha value is -1.89. The number of hydrogen-bond acceptors (Lipinski definition) is 6. The van der Waals surface area contributed by atoms with Crippen LogP contribution >= 0.6 is 0 Å². The SMILES string of the molecule is CN(CCO)c1nc(N)nc2nc[nH]c12. The van der Waals surface area contributed by atoms with Crippen molar-refractivity contribution in [3.05, 3.63) is 6.33 Å². The van der Waals surface area contributed by atoms with Crippen molar-refractivity contribution in [3.63, 3.8) is 0 Å². The van der Waals surface area contributed by atoms with E-state index in [0.717, 1.165) is 5.52 Å². The van der Waals surface area contributed by atoms with Crippen LogP contribution in [0, 0.1) is 0 Å². The Morgan fingerprint density at radius 3 is 3.07 bits per heavy atom. The van der Waals surface area contributed by atoms with E-state index >= 15 is 0 Å². The highest BCUT2D eigenvalue weighted by molar-refractivity contribution is 5.83. The van der Waals surface area contributed by atoms with Crippen molar-refractivity contribution >= 4 is 22.9 Å². The minimum Gasteiger partial charge on any atom is -0.395 e. The van der Waals surface area contributed by atoms with Gasteiger partial charge in [0.1, 0.15) is 5.52 Å². The number of nitrogens with one attached hydrogen (secondary N) is 1. The quantitative estimate of drug-likeness (QED) is 0.620. The maximum atomic E-state index is 8.85. The summed E-state index contributed by atoms with van der Waals surface area (Å²) >= 11 is 0. The van der Waals surface area contributed by atoms with Crippen LogP contribution in [0.25, 0.3) is 11.2 Å². The summed E-state index contributed by atoms with van der Waals surface area (Å²) in [5, 5.41) is 8.85. The molecule has 7 nitrogen and oxygen atoms in total. The van der Waals surface area contributed by atoms with Gasteiger partial charge in [0.25, 0.3) is 0 Å². The lowest BCUT2D eigenvalue weighted by molar-refractivity contribution is 0.304. The lowest BCUT2D eigenvalue weighted by atomic mass is 10.4. The number of aromatic nitrogens is 4. The number of anilines is 2. The van der Waals surface area contributed by atoms with E-state index in [0.29, 0.717) is 18.0 Å². The number of H-pyrrole nitrogens is 1. The minimum absolute atomic E-state index is 0.0516. The molecule has 0 spiro atoms. The van der Waals surface area contributed by atoms with Crippen LogP contribution in [0.4, 0.5) is 11.8 Å². The number of aromatic amines is 1. The fraction of sp³-hybridized carbons (Fsp3) is 0.375. The van der Waals surface area contributed by atoms with Crippen LogP contribution in [0.5, 0.6) is 0 Å². The van der Waals surface area contributed by atoms with Crippen molar-refractivity contribution in [1.82, 2.24) is 19.9 Å². The van der Waals surface area contributed by atoms with Gasteiger partial charge in [-0.05, 0) is 0 Å². The first-order chi connectivity index (χ1) is 7.22. The van der Waals surface area contributed by atoms with E-state index in [2.05, 4.69) is 19.9 Å². The molecule has 0 amide bonds. The van der Waals surface area contributed by atoms with Gasteiger partial charge in [0.15, 0.2) is 11.5 Å². The highest BCUT2D eigenvalue weighted by atomic mass is 16.3. The summed E-state index contributed by atoms with van der Waals surface area (Å²) in [7, 11) is 1.82. The fourth-order valence-electron chi connectivity index (χ4n) is 1.37. The number of aliphatic hydroxyl groups is 1. The van der Waals surface area contributed by atoms with E-state index in [-0.39, 0.29) is 12.6 Å². The van der Waals surface area contributed by atoms with Crippen molar-refractivity contribution < 1.29 is 5.11 Å². The molecular weight excluding hydrogens is 196 g/mol. The van der Waals surface area contributed by atoms with Crippen LogP contribution in [0.15, 0.2) is 6.33 Å². The number of hydrogen-bond donors (Lipinski definition) is 3. The zero-order valence-electron chi connectivity index (χ0n) is 8.30. The molecule has 0 saturated carbocycles. The van der Waals surface area contributed by atoms with Gasteiger partial charge in [-0.2, -0.15) is 9.97 Å². The first-order valence-corrected chi connectivity index (χ1v) is 4.51. The zero-order chi connectivity index (χ0) is 10.8. The normalized spacial score (nSPS) is 10.8. The summed E-state index contributed by atoms with van der Waals surface area (Å²) in [5.41, 5.74) is 6.80. The number of aliphatic hydroxyl groups excluding tert-OH is 1. The van der Waals surface area contributed by atoms with Gasteiger partial charge in [-0.1, -0.05) is 0 Å². The van der Waals surface area contributed by atoms with Gasteiger partial charge in [-0.3, -0.25) is 0 Å². The predicted octanol–water partition coefficient (Wildman–Crippen LogP) is -0.636. The summed E-state index contributed by atoms with van der Waals surface area (Å²) in [6.07, 6.45) is 1.54. The van der Waals surface area contributed by atoms with E-state index in [1.54, 1.807) is 4.90 Å². The third-order valence-electron chi connectivity index (χ3n) is 2.08. The number of imidazole rings is 1. The number of likely N-dealkylation sites (N-methyl/N-ethyl adjacent to an activating group) is 1. The molecule has 0 aliphatic heterocycles. The number of nitrogens with zero attached hydrogens (tertiary/aromatic N) is 4. The molecule has 2 rings (SSSR count). The first-order valence-electron chi connectivity index (χ1n) is 4.51. The van der Waals surface area contributed by atoms with Gasteiger partial charge < -0.3 is 20.7 Å². The van der Waals surface area contributed by atoms with E-state index in [4.69, 9.17) is 10.8 Å². The van der Waals surface area contributed by atoms with Gasteiger partial charge in [0.2, 0.25) is 5.95 Å². The van der Waals surface area contributed by atoms with Gasteiger partial charge in [-0.15, -0.1) is 0 Å². The Labute approximate surface area is 86.0 Å². The highest BCUT2D eigenvalue weighted by Gasteiger charge is 2.11. The number of fused-ring (bicyclic) bond motifs is 1. The summed E-state index contributed by atoms with van der Waals surface area (Å²) < 4.78 is 0. The monoisotopic (exact) mass is 208 g/mol. The second-order valence-electron chi connectivity index (χ2n) is 3.15. The van der Waals surface area contributed by atoms with Crippen molar-refractivity contribution in [2.75, 3.05) is 30.8 Å². The van der Waals surface area contributed by atoms with Crippen LogP contribution in [0.2, 0.25) is 0 Å². The topological polar surface area (TPSA) is 104 Å². The van der Waals surface area contributed by atoms with Gasteiger partial charge in [0, 0.05) is 13.6 Å². The zero-order valence-corrected chi connectivity index (χ0v) is 8.30. The minimum atomic E-state index is 0.0516. The fourth-order valence-corrected chi connectivity index (χ4v) is 1.37.